The van der Waals surface area contributed by atoms with Crippen molar-refractivity contribution in [1.29, 1.82) is 0 Å². The molecule has 3 aromatic rings. The summed E-state index contributed by atoms with van der Waals surface area (Å²) in [7, 11) is 0. The number of rotatable bonds is 3. The van der Waals surface area contributed by atoms with E-state index in [1.165, 1.54) is 11.3 Å². The first-order chi connectivity index (χ1) is 13.1. The second kappa shape index (κ2) is 7.37. The van der Waals surface area contributed by atoms with E-state index in [1.807, 2.05) is 31.2 Å². The van der Waals surface area contributed by atoms with Crippen molar-refractivity contribution in [3.05, 3.63) is 46.6 Å². The van der Waals surface area contributed by atoms with Gasteiger partial charge >= 0.3 is 0 Å². The number of morpholine rings is 1. The lowest BCUT2D eigenvalue weighted by molar-refractivity contribution is 0.0845. The molecule has 2 amide bonds. The van der Waals surface area contributed by atoms with E-state index in [0.717, 1.165) is 34.8 Å². The number of aromatic nitrogens is 2. The molecule has 1 aliphatic rings. The van der Waals surface area contributed by atoms with Crippen molar-refractivity contribution in [3.63, 3.8) is 0 Å². The molecule has 1 fully saturated rings. The Balaban J connectivity index is 1.42. The standard InChI is InChI=1S/C18H19N5O3S/c1-11-15(12-4-2-3-5-13(12)19-11)17(25)22-21-16(24)14-10-27-18(20-14)23-6-8-26-9-7-23/h2-5,10,19H,6-9H2,1H3,(H,21,24)(H,22,25). The van der Waals surface area contributed by atoms with Crippen LogP contribution in [-0.4, -0.2) is 48.1 Å². The van der Waals surface area contributed by atoms with Crippen LogP contribution >= 0.6 is 11.3 Å². The number of carbonyl (C=O) groups is 2. The van der Waals surface area contributed by atoms with Gasteiger partial charge in [-0.15, -0.1) is 11.3 Å². The normalized spacial score (nSPS) is 14.3. The van der Waals surface area contributed by atoms with E-state index in [1.54, 1.807) is 5.38 Å². The molecule has 0 spiro atoms. The van der Waals surface area contributed by atoms with Gasteiger partial charge < -0.3 is 14.6 Å². The van der Waals surface area contributed by atoms with E-state index in [9.17, 15) is 9.59 Å². The average molecular weight is 385 g/mol. The fourth-order valence-electron chi connectivity index (χ4n) is 3.08. The van der Waals surface area contributed by atoms with Gasteiger partial charge in [0.2, 0.25) is 0 Å². The van der Waals surface area contributed by atoms with Crippen LogP contribution in [-0.2, 0) is 4.74 Å². The predicted molar refractivity (Wildman–Crippen MR) is 103 cm³/mol. The number of hydrogen-bond acceptors (Lipinski definition) is 6. The number of anilines is 1. The van der Waals surface area contributed by atoms with Crippen LogP contribution < -0.4 is 15.8 Å². The molecule has 0 radical (unpaired) electrons. The summed E-state index contributed by atoms with van der Waals surface area (Å²) in [5.74, 6) is -0.821. The number of benzene rings is 1. The van der Waals surface area contributed by atoms with E-state index < -0.39 is 5.91 Å². The van der Waals surface area contributed by atoms with Crippen molar-refractivity contribution in [2.45, 2.75) is 6.92 Å². The summed E-state index contributed by atoms with van der Waals surface area (Å²) in [4.78, 5) is 34.5. The number of aryl methyl sites for hydroxylation is 1. The molecule has 0 aliphatic carbocycles. The van der Waals surface area contributed by atoms with E-state index >= 15 is 0 Å². The third-order valence-electron chi connectivity index (χ3n) is 4.42. The van der Waals surface area contributed by atoms with E-state index in [0.29, 0.717) is 18.8 Å². The number of hydrazine groups is 1. The van der Waals surface area contributed by atoms with E-state index in [2.05, 4.69) is 25.7 Å². The highest BCUT2D eigenvalue weighted by Gasteiger charge is 2.19. The highest BCUT2D eigenvalue weighted by Crippen LogP contribution is 2.22. The van der Waals surface area contributed by atoms with Gasteiger partial charge in [0.15, 0.2) is 5.13 Å². The van der Waals surface area contributed by atoms with Crippen LogP contribution in [0.1, 0.15) is 26.5 Å². The smallest absolute Gasteiger partial charge is 0.289 e. The van der Waals surface area contributed by atoms with Crippen molar-refractivity contribution in [2.75, 3.05) is 31.2 Å². The van der Waals surface area contributed by atoms with Gasteiger partial charge in [0.05, 0.1) is 18.8 Å². The first-order valence-electron chi connectivity index (χ1n) is 8.59. The van der Waals surface area contributed by atoms with Crippen LogP contribution in [0.15, 0.2) is 29.6 Å². The topological polar surface area (TPSA) is 99.4 Å². The molecule has 1 saturated heterocycles. The molecule has 0 atom stereocenters. The molecule has 1 aromatic carbocycles. The SMILES string of the molecule is Cc1[nH]c2ccccc2c1C(=O)NNC(=O)c1csc(N2CCOCC2)n1. The Hall–Kier alpha value is -2.91. The van der Waals surface area contributed by atoms with Crippen LogP contribution in [0.25, 0.3) is 10.9 Å². The van der Waals surface area contributed by atoms with E-state index in [-0.39, 0.29) is 11.6 Å². The first kappa shape index (κ1) is 17.5. The summed E-state index contributed by atoms with van der Waals surface area (Å²) < 4.78 is 5.32. The molecule has 4 rings (SSSR count). The lowest BCUT2D eigenvalue weighted by Gasteiger charge is -2.25. The Morgan fingerprint density at radius 1 is 1.19 bits per heavy atom. The minimum atomic E-state index is -0.448. The van der Waals surface area contributed by atoms with Crippen molar-refractivity contribution >= 4 is 39.2 Å². The number of thiazole rings is 1. The number of hydrogen-bond donors (Lipinski definition) is 3. The molecule has 1 aliphatic heterocycles. The van der Waals surface area contributed by atoms with Gasteiger partial charge in [0, 0.05) is 35.1 Å². The number of carbonyl (C=O) groups excluding carboxylic acids is 2. The number of amides is 2. The van der Waals surface area contributed by atoms with Gasteiger partial charge in [-0.3, -0.25) is 20.4 Å². The van der Waals surface area contributed by atoms with Crippen LogP contribution in [0.3, 0.4) is 0 Å². The van der Waals surface area contributed by atoms with Crippen molar-refractivity contribution in [2.24, 2.45) is 0 Å². The molecule has 9 heteroatoms. The zero-order valence-electron chi connectivity index (χ0n) is 14.7. The maximum atomic E-state index is 12.5. The average Bonchev–Trinajstić information content (AvgIpc) is 3.30. The zero-order valence-corrected chi connectivity index (χ0v) is 15.6. The van der Waals surface area contributed by atoms with Crippen LogP contribution in [0, 0.1) is 6.92 Å². The molecule has 2 aromatic heterocycles. The second-order valence-corrected chi connectivity index (χ2v) is 7.03. The van der Waals surface area contributed by atoms with Gasteiger partial charge in [0.25, 0.3) is 11.8 Å². The van der Waals surface area contributed by atoms with Crippen molar-refractivity contribution in [1.82, 2.24) is 20.8 Å². The quantitative estimate of drug-likeness (QED) is 0.598. The van der Waals surface area contributed by atoms with E-state index in [4.69, 9.17) is 4.74 Å². The Morgan fingerprint density at radius 2 is 1.93 bits per heavy atom. The van der Waals surface area contributed by atoms with Gasteiger partial charge in [0.1, 0.15) is 5.69 Å². The van der Waals surface area contributed by atoms with Crippen molar-refractivity contribution in [3.8, 4) is 0 Å². The minimum Gasteiger partial charge on any atom is -0.378 e. The number of nitrogens with zero attached hydrogens (tertiary/aromatic N) is 2. The van der Waals surface area contributed by atoms with Gasteiger partial charge in [-0.25, -0.2) is 4.98 Å². The monoisotopic (exact) mass is 385 g/mol. The molecule has 27 heavy (non-hydrogen) atoms. The number of fused-ring (bicyclic) bond motifs is 1. The zero-order chi connectivity index (χ0) is 18.8. The summed E-state index contributed by atoms with van der Waals surface area (Å²) in [5, 5.41) is 3.27. The fraction of sp³-hybridized carbons (Fsp3) is 0.278. The molecule has 3 heterocycles. The highest BCUT2D eigenvalue weighted by atomic mass is 32.1. The Kier molecular flexibility index (Phi) is 4.78. The van der Waals surface area contributed by atoms with Crippen molar-refractivity contribution < 1.29 is 14.3 Å². The summed E-state index contributed by atoms with van der Waals surface area (Å²) in [5.41, 5.74) is 7.33. The van der Waals surface area contributed by atoms with Gasteiger partial charge in [-0.2, -0.15) is 0 Å². The predicted octanol–water partition coefficient (Wildman–Crippen LogP) is 1.84. The number of nitrogens with one attached hydrogen (secondary N) is 3. The van der Waals surface area contributed by atoms with Gasteiger partial charge in [-0.05, 0) is 13.0 Å². The number of H-pyrrole nitrogens is 1. The Morgan fingerprint density at radius 3 is 2.74 bits per heavy atom. The third kappa shape index (κ3) is 3.51. The Bertz CT molecular complexity index is 990. The molecule has 140 valence electrons. The summed E-state index contributed by atoms with van der Waals surface area (Å²) in [6.45, 7) is 4.64. The summed E-state index contributed by atoms with van der Waals surface area (Å²) >= 11 is 1.40. The third-order valence-corrected chi connectivity index (χ3v) is 5.32. The molecule has 0 bridgehead atoms. The molecule has 0 unspecified atom stereocenters. The Labute approximate surface area is 159 Å². The van der Waals surface area contributed by atoms with Crippen LogP contribution in [0.4, 0.5) is 5.13 Å². The minimum absolute atomic E-state index is 0.275. The summed E-state index contributed by atoms with van der Waals surface area (Å²) in [6, 6.07) is 7.54. The number of ether oxygens (including phenoxy) is 1. The highest BCUT2D eigenvalue weighted by molar-refractivity contribution is 7.13. The number of para-hydroxylation sites is 1. The fourth-order valence-corrected chi connectivity index (χ4v) is 3.94. The maximum absolute atomic E-state index is 12.5. The lowest BCUT2D eigenvalue weighted by Crippen LogP contribution is -2.42. The molecular weight excluding hydrogens is 366 g/mol. The molecule has 3 N–H and O–H groups in total. The van der Waals surface area contributed by atoms with Crippen LogP contribution in [0.2, 0.25) is 0 Å². The number of aromatic amines is 1. The maximum Gasteiger partial charge on any atom is 0.289 e. The van der Waals surface area contributed by atoms with Crippen LogP contribution in [0.5, 0.6) is 0 Å². The summed E-state index contributed by atoms with van der Waals surface area (Å²) in [6.07, 6.45) is 0. The second-order valence-electron chi connectivity index (χ2n) is 6.19. The molecule has 8 nitrogen and oxygen atoms in total. The van der Waals surface area contributed by atoms with Gasteiger partial charge in [-0.1, -0.05) is 18.2 Å². The largest absolute Gasteiger partial charge is 0.378 e. The molecule has 0 saturated carbocycles. The lowest BCUT2D eigenvalue weighted by atomic mass is 10.1. The molecular formula is C18H19N5O3S. The first-order valence-corrected chi connectivity index (χ1v) is 9.47.